The highest BCUT2D eigenvalue weighted by Gasteiger charge is 2.19. The van der Waals surface area contributed by atoms with Gasteiger partial charge in [0.1, 0.15) is 17.8 Å². The normalized spacial score (nSPS) is 14.1. The van der Waals surface area contributed by atoms with E-state index < -0.39 is 0 Å². The molecular weight excluding hydrogens is 428 g/mol. The molecule has 0 N–H and O–H groups in total. The van der Waals surface area contributed by atoms with E-state index in [0.717, 1.165) is 69.2 Å². The highest BCUT2D eigenvalue weighted by molar-refractivity contribution is 5.85. The van der Waals surface area contributed by atoms with Gasteiger partial charge in [-0.2, -0.15) is 0 Å². The first kappa shape index (κ1) is 23.8. The van der Waals surface area contributed by atoms with E-state index in [9.17, 15) is 0 Å². The number of nitrogens with zero attached hydrogens (tertiary/aromatic N) is 6. The summed E-state index contributed by atoms with van der Waals surface area (Å²) in [4.78, 5) is 4.96. The molecule has 9 heteroatoms. The molecule has 2 heterocycles. The second kappa shape index (κ2) is 12.3. The fourth-order valence-electron chi connectivity index (χ4n) is 3.90. The zero-order valence-electron chi connectivity index (χ0n) is 18.5. The van der Waals surface area contributed by atoms with Crippen molar-refractivity contribution < 1.29 is 9.47 Å². The Balaban J connectivity index is 0.00000289. The summed E-state index contributed by atoms with van der Waals surface area (Å²) >= 11 is 0. The van der Waals surface area contributed by atoms with Crippen molar-refractivity contribution in [3.63, 3.8) is 0 Å². The van der Waals surface area contributed by atoms with Crippen molar-refractivity contribution in [2.75, 3.05) is 51.3 Å². The third-order valence-corrected chi connectivity index (χ3v) is 5.57. The van der Waals surface area contributed by atoms with Crippen molar-refractivity contribution in [3.8, 4) is 11.5 Å². The minimum Gasteiger partial charge on any atom is -0.495 e. The number of unbranched alkanes of at least 4 members (excludes halogenated alkanes) is 1. The van der Waals surface area contributed by atoms with Gasteiger partial charge in [0.05, 0.1) is 25.9 Å². The van der Waals surface area contributed by atoms with Crippen LogP contribution < -0.4 is 14.4 Å². The van der Waals surface area contributed by atoms with Crippen molar-refractivity contribution in [2.45, 2.75) is 19.4 Å². The quantitative estimate of drug-likeness (QED) is 0.432. The average molecular weight is 459 g/mol. The molecule has 4 rings (SSSR count). The molecular formula is C23H31ClN6O2. The molecule has 1 aliphatic rings. The molecule has 172 valence electrons. The molecule has 0 radical (unpaired) electrons. The van der Waals surface area contributed by atoms with Crippen LogP contribution in [0.15, 0.2) is 54.9 Å². The van der Waals surface area contributed by atoms with Crippen LogP contribution in [0.5, 0.6) is 11.5 Å². The van der Waals surface area contributed by atoms with E-state index in [4.69, 9.17) is 9.47 Å². The molecule has 32 heavy (non-hydrogen) atoms. The number of hydrogen-bond donors (Lipinski definition) is 0. The maximum atomic E-state index is 5.95. The molecule has 1 aromatic heterocycles. The number of methoxy groups -OCH3 is 1. The number of anilines is 1. The molecule has 3 aromatic rings. The molecule has 0 atom stereocenters. The number of aromatic nitrogens is 4. The fourth-order valence-corrected chi connectivity index (χ4v) is 3.90. The maximum absolute atomic E-state index is 5.95. The summed E-state index contributed by atoms with van der Waals surface area (Å²) < 4.78 is 13.2. The lowest BCUT2D eigenvalue weighted by Gasteiger charge is -2.36. The second-order valence-electron chi connectivity index (χ2n) is 7.71. The van der Waals surface area contributed by atoms with E-state index >= 15 is 0 Å². The minimum atomic E-state index is 0. The van der Waals surface area contributed by atoms with Crippen molar-refractivity contribution >= 4 is 18.1 Å². The molecule has 8 nitrogen and oxygen atoms in total. The average Bonchev–Trinajstić information content (AvgIpc) is 3.32. The first-order valence-corrected chi connectivity index (χ1v) is 10.8. The van der Waals surface area contributed by atoms with Crippen LogP contribution in [0.2, 0.25) is 0 Å². The third-order valence-electron chi connectivity index (χ3n) is 5.57. The number of ether oxygens (including phenoxy) is 2. The van der Waals surface area contributed by atoms with Crippen molar-refractivity contribution in [1.29, 1.82) is 0 Å². The summed E-state index contributed by atoms with van der Waals surface area (Å²) in [5.41, 5.74) is 2.32. The van der Waals surface area contributed by atoms with Crippen LogP contribution in [0.4, 0.5) is 5.69 Å². The van der Waals surface area contributed by atoms with Gasteiger partial charge < -0.3 is 14.4 Å². The van der Waals surface area contributed by atoms with Gasteiger partial charge >= 0.3 is 0 Å². The summed E-state index contributed by atoms with van der Waals surface area (Å²) in [6, 6.07) is 16.4. The Labute approximate surface area is 195 Å². The van der Waals surface area contributed by atoms with Crippen LogP contribution in [-0.4, -0.2) is 71.5 Å². The lowest BCUT2D eigenvalue weighted by molar-refractivity contribution is 0.238. The van der Waals surface area contributed by atoms with Gasteiger partial charge in [-0.3, -0.25) is 4.90 Å². The monoisotopic (exact) mass is 458 g/mol. The van der Waals surface area contributed by atoms with Crippen LogP contribution in [-0.2, 0) is 6.54 Å². The van der Waals surface area contributed by atoms with Crippen LogP contribution in [0.3, 0.4) is 0 Å². The SMILES string of the molecule is COc1ccccc1N1CCN(CCCCOc2cccc(Cn3cnnn3)c2)CC1.Cl. The Morgan fingerprint density at radius 2 is 1.81 bits per heavy atom. The maximum Gasteiger partial charge on any atom is 0.142 e. The standard InChI is InChI=1S/C23H30N6O2.ClH/c1-30-23-10-3-2-9-22(23)28-14-12-27(13-15-28)11-4-5-16-31-21-8-6-7-20(17-21)18-29-19-24-25-26-29;/h2-3,6-10,17,19H,4-5,11-16,18H2,1H3;1H. The van der Waals surface area contributed by atoms with Gasteiger partial charge in [0.15, 0.2) is 0 Å². The number of tetrazole rings is 1. The van der Waals surface area contributed by atoms with Crippen LogP contribution in [0.1, 0.15) is 18.4 Å². The molecule has 0 unspecified atom stereocenters. The molecule has 0 spiro atoms. The lowest BCUT2D eigenvalue weighted by atomic mass is 10.2. The Morgan fingerprint density at radius 3 is 2.59 bits per heavy atom. The lowest BCUT2D eigenvalue weighted by Crippen LogP contribution is -2.46. The molecule has 1 saturated heterocycles. The van der Waals surface area contributed by atoms with Gasteiger partial charge in [-0.1, -0.05) is 24.3 Å². The molecule has 0 aliphatic carbocycles. The predicted molar refractivity (Wildman–Crippen MR) is 127 cm³/mol. The Kier molecular flexibility index (Phi) is 9.13. The summed E-state index contributed by atoms with van der Waals surface area (Å²) in [6.45, 7) is 6.72. The van der Waals surface area contributed by atoms with Gasteiger partial charge in [0, 0.05) is 26.2 Å². The number of para-hydroxylation sites is 2. The van der Waals surface area contributed by atoms with Crippen LogP contribution in [0, 0.1) is 0 Å². The Hall–Kier alpha value is -2.84. The first-order valence-electron chi connectivity index (χ1n) is 10.8. The van der Waals surface area contributed by atoms with Gasteiger partial charge in [0.25, 0.3) is 0 Å². The zero-order chi connectivity index (χ0) is 21.3. The van der Waals surface area contributed by atoms with Crippen molar-refractivity contribution in [2.24, 2.45) is 0 Å². The second-order valence-corrected chi connectivity index (χ2v) is 7.71. The van der Waals surface area contributed by atoms with Gasteiger partial charge in [-0.05, 0) is 59.6 Å². The van der Waals surface area contributed by atoms with Crippen molar-refractivity contribution in [1.82, 2.24) is 25.1 Å². The molecule has 1 fully saturated rings. The number of piperazine rings is 1. The van der Waals surface area contributed by atoms with Crippen molar-refractivity contribution in [3.05, 3.63) is 60.4 Å². The molecule has 1 aliphatic heterocycles. The third kappa shape index (κ3) is 6.58. The van der Waals surface area contributed by atoms with Crippen LogP contribution >= 0.6 is 12.4 Å². The van der Waals surface area contributed by atoms with Gasteiger partial charge in [-0.25, -0.2) is 4.68 Å². The van der Waals surface area contributed by atoms with Gasteiger partial charge in [-0.15, -0.1) is 17.5 Å². The Morgan fingerprint density at radius 1 is 0.969 bits per heavy atom. The van der Waals surface area contributed by atoms with Crippen LogP contribution in [0.25, 0.3) is 0 Å². The largest absolute Gasteiger partial charge is 0.495 e. The topological polar surface area (TPSA) is 68.5 Å². The van der Waals surface area contributed by atoms with E-state index in [2.05, 4.69) is 49.6 Å². The Bertz CT molecular complexity index is 932. The number of hydrogen-bond acceptors (Lipinski definition) is 7. The smallest absolute Gasteiger partial charge is 0.142 e. The van der Waals surface area contributed by atoms with E-state index in [1.807, 2.05) is 24.3 Å². The minimum absolute atomic E-state index is 0. The van der Waals surface area contributed by atoms with Gasteiger partial charge in [0.2, 0.25) is 0 Å². The number of rotatable bonds is 10. The van der Waals surface area contributed by atoms with E-state index in [0.29, 0.717) is 6.54 Å². The molecule has 2 aromatic carbocycles. The number of halogens is 1. The number of benzene rings is 2. The summed E-state index contributed by atoms with van der Waals surface area (Å²) in [5, 5.41) is 11.2. The van der Waals surface area contributed by atoms with E-state index in [1.165, 1.54) is 5.69 Å². The molecule has 0 amide bonds. The highest BCUT2D eigenvalue weighted by atomic mass is 35.5. The first-order chi connectivity index (χ1) is 15.3. The molecule has 0 bridgehead atoms. The van der Waals surface area contributed by atoms with E-state index in [-0.39, 0.29) is 12.4 Å². The zero-order valence-corrected chi connectivity index (χ0v) is 19.3. The summed E-state index contributed by atoms with van der Waals surface area (Å²) in [7, 11) is 1.74. The van der Waals surface area contributed by atoms with E-state index in [1.54, 1.807) is 18.1 Å². The summed E-state index contributed by atoms with van der Waals surface area (Å²) in [5.74, 6) is 1.85. The summed E-state index contributed by atoms with van der Waals surface area (Å²) in [6.07, 6.45) is 3.80. The molecule has 0 saturated carbocycles. The fraction of sp³-hybridized carbons (Fsp3) is 0.435. The predicted octanol–water partition coefficient (Wildman–Crippen LogP) is 3.13. The highest BCUT2D eigenvalue weighted by Crippen LogP contribution is 2.28.